The minimum atomic E-state index is -0.0479. The highest BCUT2D eigenvalue weighted by molar-refractivity contribution is 5.97. The Morgan fingerprint density at radius 3 is 2.24 bits per heavy atom. The van der Waals surface area contributed by atoms with Crippen LogP contribution in [0.4, 0.5) is 0 Å². The topological polar surface area (TPSA) is 46.6 Å². The Morgan fingerprint density at radius 1 is 0.960 bits per heavy atom. The predicted molar refractivity (Wildman–Crippen MR) is 99.1 cm³/mol. The molecule has 132 valence electrons. The molecule has 0 aliphatic carbocycles. The highest BCUT2D eigenvalue weighted by Crippen LogP contribution is 2.16. The number of nitrogens with zero attached hydrogens (tertiary/aromatic N) is 1. The summed E-state index contributed by atoms with van der Waals surface area (Å²) in [7, 11) is 1.74. The molecular weight excluding hydrogens is 314 g/mol. The van der Waals surface area contributed by atoms with Crippen LogP contribution in [0.2, 0.25) is 0 Å². The number of carbonyl (C=O) groups excluding carboxylic acids is 2. The van der Waals surface area contributed by atoms with Crippen LogP contribution in [0, 0.1) is 13.8 Å². The monoisotopic (exact) mass is 339 g/mol. The lowest BCUT2D eigenvalue weighted by Gasteiger charge is -2.17. The van der Waals surface area contributed by atoms with Gasteiger partial charge in [0.25, 0.3) is 0 Å². The SMILES string of the molecule is Cc1cc(C)cc(OCCN(C)C(=O)CCC(=O)c2ccccc2)c1. The van der Waals surface area contributed by atoms with E-state index in [0.717, 1.165) is 16.9 Å². The van der Waals surface area contributed by atoms with Gasteiger partial charge < -0.3 is 9.64 Å². The molecule has 0 saturated carbocycles. The predicted octanol–water partition coefficient (Wildman–Crippen LogP) is 3.80. The summed E-state index contributed by atoms with van der Waals surface area (Å²) < 4.78 is 5.72. The lowest BCUT2D eigenvalue weighted by molar-refractivity contribution is -0.130. The van der Waals surface area contributed by atoms with Gasteiger partial charge in [-0.3, -0.25) is 9.59 Å². The fourth-order valence-electron chi connectivity index (χ4n) is 2.62. The first-order chi connectivity index (χ1) is 12.0. The lowest BCUT2D eigenvalue weighted by Crippen LogP contribution is -2.31. The molecule has 0 radical (unpaired) electrons. The van der Waals surface area contributed by atoms with E-state index in [9.17, 15) is 9.59 Å². The summed E-state index contributed by atoms with van der Waals surface area (Å²) in [5, 5.41) is 0. The van der Waals surface area contributed by atoms with Crippen molar-refractivity contribution in [3.63, 3.8) is 0 Å². The van der Waals surface area contributed by atoms with Gasteiger partial charge in [0.2, 0.25) is 5.91 Å². The Kier molecular flexibility index (Phi) is 6.75. The Hall–Kier alpha value is -2.62. The smallest absolute Gasteiger partial charge is 0.222 e. The summed E-state index contributed by atoms with van der Waals surface area (Å²) in [4.78, 5) is 25.8. The second-order valence-corrected chi connectivity index (χ2v) is 6.28. The molecule has 0 spiro atoms. The second kappa shape index (κ2) is 9.02. The summed E-state index contributed by atoms with van der Waals surface area (Å²) in [6.45, 7) is 4.97. The van der Waals surface area contributed by atoms with E-state index in [1.165, 1.54) is 0 Å². The van der Waals surface area contributed by atoms with Crippen LogP contribution in [-0.4, -0.2) is 36.8 Å². The van der Waals surface area contributed by atoms with Crippen molar-refractivity contribution in [1.82, 2.24) is 4.90 Å². The van der Waals surface area contributed by atoms with Gasteiger partial charge in [0, 0.05) is 25.5 Å². The highest BCUT2D eigenvalue weighted by atomic mass is 16.5. The fraction of sp³-hybridized carbons (Fsp3) is 0.333. The van der Waals surface area contributed by atoms with E-state index in [1.807, 2.05) is 44.2 Å². The lowest BCUT2D eigenvalue weighted by atomic mass is 10.1. The van der Waals surface area contributed by atoms with Crippen molar-refractivity contribution < 1.29 is 14.3 Å². The summed E-state index contributed by atoms with van der Waals surface area (Å²) in [6.07, 6.45) is 0.443. The molecule has 25 heavy (non-hydrogen) atoms. The van der Waals surface area contributed by atoms with Gasteiger partial charge in [-0.05, 0) is 37.1 Å². The van der Waals surface area contributed by atoms with Crippen molar-refractivity contribution in [3.05, 3.63) is 65.2 Å². The molecule has 2 aromatic carbocycles. The maximum atomic E-state index is 12.1. The van der Waals surface area contributed by atoms with Gasteiger partial charge >= 0.3 is 0 Å². The third-order valence-electron chi connectivity index (χ3n) is 3.98. The van der Waals surface area contributed by atoms with Gasteiger partial charge in [0.05, 0.1) is 6.54 Å². The van der Waals surface area contributed by atoms with E-state index in [0.29, 0.717) is 18.7 Å². The maximum Gasteiger partial charge on any atom is 0.222 e. The van der Waals surface area contributed by atoms with Crippen molar-refractivity contribution in [2.75, 3.05) is 20.2 Å². The minimum Gasteiger partial charge on any atom is -0.492 e. The zero-order valence-electron chi connectivity index (χ0n) is 15.1. The van der Waals surface area contributed by atoms with E-state index in [-0.39, 0.29) is 24.5 Å². The van der Waals surface area contributed by atoms with Crippen LogP contribution >= 0.6 is 0 Å². The third kappa shape index (κ3) is 6.07. The van der Waals surface area contributed by atoms with Gasteiger partial charge in [-0.25, -0.2) is 0 Å². The Labute approximate surface area is 149 Å². The van der Waals surface area contributed by atoms with Crippen LogP contribution in [0.15, 0.2) is 48.5 Å². The zero-order chi connectivity index (χ0) is 18.2. The number of ketones is 1. The van der Waals surface area contributed by atoms with Crippen molar-refractivity contribution in [2.45, 2.75) is 26.7 Å². The van der Waals surface area contributed by atoms with Crippen LogP contribution in [0.5, 0.6) is 5.75 Å². The molecule has 0 fully saturated rings. The maximum absolute atomic E-state index is 12.1. The molecule has 2 rings (SSSR count). The van der Waals surface area contributed by atoms with Gasteiger partial charge in [-0.1, -0.05) is 36.4 Å². The normalized spacial score (nSPS) is 10.4. The summed E-state index contributed by atoms with van der Waals surface area (Å²) in [5.74, 6) is 0.764. The number of hydrogen-bond acceptors (Lipinski definition) is 3. The first-order valence-corrected chi connectivity index (χ1v) is 8.49. The molecule has 0 aromatic heterocycles. The molecular formula is C21H25NO3. The molecule has 0 heterocycles. The molecule has 4 nitrogen and oxygen atoms in total. The number of ether oxygens (including phenoxy) is 1. The molecule has 0 bridgehead atoms. The van der Waals surface area contributed by atoms with Crippen molar-refractivity contribution >= 4 is 11.7 Å². The van der Waals surface area contributed by atoms with E-state index < -0.39 is 0 Å². The molecule has 0 aliphatic heterocycles. The average Bonchev–Trinajstić information content (AvgIpc) is 2.59. The molecule has 0 unspecified atom stereocenters. The van der Waals surface area contributed by atoms with Crippen LogP contribution in [0.1, 0.15) is 34.3 Å². The van der Waals surface area contributed by atoms with Crippen LogP contribution in [-0.2, 0) is 4.79 Å². The number of hydrogen-bond donors (Lipinski definition) is 0. The number of Topliss-reactive ketones (excluding diaryl/α,β-unsaturated/α-hetero) is 1. The number of amides is 1. The molecule has 1 amide bonds. The van der Waals surface area contributed by atoms with Gasteiger partial charge in [0.1, 0.15) is 12.4 Å². The molecule has 0 atom stereocenters. The van der Waals surface area contributed by atoms with Gasteiger partial charge in [-0.15, -0.1) is 0 Å². The first kappa shape index (κ1) is 18.7. The van der Waals surface area contributed by atoms with E-state index in [1.54, 1.807) is 24.1 Å². The number of benzene rings is 2. The van der Waals surface area contributed by atoms with E-state index >= 15 is 0 Å². The van der Waals surface area contributed by atoms with Crippen molar-refractivity contribution in [1.29, 1.82) is 0 Å². The first-order valence-electron chi connectivity index (χ1n) is 8.49. The third-order valence-corrected chi connectivity index (χ3v) is 3.98. The Balaban J connectivity index is 1.74. The quantitative estimate of drug-likeness (QED) is 0.687. The minimum absolute atomic E-state index is 0.00571. The second-order valence-electron chi connectivity index (χ2n) is 6.28. The number of likely N-dealkylation sites (N-methyl/N-ethyl adjacent to an activating group) is 1. The van der Waals surface area contributed by atoms with E-state index in [2.05, 4.69) is 6.07 Å². The van der Waals surface area contributed by atoms with Crippen LogP contribution in [0.25, 0.3) is 0 Å². The molecule has 4 heteroatoms. The van der Waals surface area contributed by atoms with Gasteiger partial charge in [0.15, 0.2) is 5.78 Å². The number of carbonyl (C=O) groups is 2. The average molecular weight is 339 g/mol. The highest BCUT2D eigenvalue weighted by Gasteiger charge is 2.12. The van der Waals surface area contributed by atoms with Crippen LogP contribution in [0.3, 0.4) is 0 Å². The Bertz CT molecular complexity index is 705. The molecule has 2 aromatic rings. The fourth-order valence-corrected chi connectivity index (χ4v) is 2.62. The van der Waals surface area contributed by atoms with Crippen LogP contribution < -0.4 is 4.74 Å². The van der Waals surface area contributed by atoms with E-state index in [4.69, 9.17) is 4.74 Å². The van der Waals surface area contributed by atoms with Gasteiger partial charge in [-0.2, -0.15) is 0 Å². The standard InChI is InChI=1S/C21H25NO3/c1-16-13-17(2)15-19(14-16)25-12-11-22(3)21(24)10-9-20(23)18-7-5-4-6-8-18/h4-8,13-15H,9-12H2,1-3H3. The number of rotatable bonds is 8. The largest absolute Gasteiger partial charge is 0.492 e. The van der Waals surface area contributed by atoms with Crippen molar-refractivity contribution in [3.8, 4) is 5.75 Å². The molecule has 0 N–H and O–H groups in total. The van der Waals surface area contributed by atoms with Crippen molar-refractivity contribution in [2.24, 2.45) is 0 Å². The zero-order valence-corrected chi connectivity index (χ0v) is 15.1. The molecule has 0 saturated heterocycles. The number of aryl methyl sites for hydroxylation is 2. The summed E-state index contributed by atoms with van der Waals surface area (Å²) >= 11 is 0. The Morgan fingerprint density at radius 2 is 1.60 bits per heavy atom. The summed E-state index contributed by atoms with van der Waals surface area (Å²) in [6, 6.07) is 15.1. The molecule has 0 aliphatic rings. The summed E-state index contributed by atoms with van der Waals surface area (Å²) in [5.41, 5.74) is 2.95.